The number of benzene rings is 2. The number of rotatable bonds is 6. The number of hydrogen-bond acceptors (Lipinski definition) is 8. The Kier molecular flexibility index (Phi) is 7.71. The van der Waals surface area contributed by atoms with Gasteiger partial charge in [-0.05, 0) is 91.8 Å². The summed E-state index contributed by atoms with van der Waals surface area (Å²) in [6, 6.07) is 6.39. The number of piperidine rings is 2. The molecule has 2 aliphatic carbocycles. The van der Waals surface area contributed by atoms with Gasteiger partial charge in [-0.2, -0.15) is 9.97 Å². The molecule has 6 heterocycles. The molecule has 5 fully saturated rings. The Balaban J connectivity index is 0.00000159. The highest BCUT2D eigenvalue weighted by Crippen LogP contribution is 2.49. The third-order valence-corrected chi connectivity index (χ3v) is 11.1. The normalized spacial score (nSPS) is 24.2. The van der Waals surface area contributed by atoms with E-state index in [0.717, 1.165) is 57.3 Å². The van der Waals surface area contributed by atoms with Gasteiger partial charge in [-0.15, -0.1) is 0 Å². The van der Waals surface area contributed by atoms with Crippen LogP contribution >= 0.6 is 0 Å². The molecule has 6 aliphatic rings. The van der Waals surface area contributed by atoms with Gasteiger partial charge in [0.25, 0.3) is 0 Å². The standard InChI is InChI=1S/C35H38F2N6O2.C2H6/c1-19-26(36)4-2-22-12-24(44)13-25(28(19)22)31-30(37)32-29-27(39-31)5-3-23-14-38-8-9-43(23)33(29)41-34(40-32)45-18-35(6-7-35)17-42-15-20-10-21(11-20)16-42;1-2/h2,4,12-13,20-21,23,38,44H,3,5-11,14-18H2,1H3;1-2H3. The van der Waals surface area contributed by atoms with Gasteiger partial charge in [-0.1, -0.05) is 19.9 Å². The Bertz CT molecular complexity index is 1850. The average molecular weight is 643 g/mol. The first-order valence-electron chi connectivity index (χ1n) is 17.5. The van der Waals surface area contributed by atoms with E-state index in [4.69, 9.17) is 19.7 Å². The number of fused-ring (bicyclic) bond motifs is 5. The molecule has 2 saturated carbocycles. The monoisotopic (exact) mass is 642 g/mol. The summed E-state index contributed by atoms with van der Waals surface area (Å²) in [5, 5.41) is 15.9. The number of phenols is 1. The van der Waals surface area contributed by atoms with Crippen LogP contribution in [-0.2, 0) is 6.42 Å². The van der Waals surface area contributed by atoms with Crippen LogP contribution in [0.15, 0.2) is 24.3 Å². The second-order valence-corrected chi connectivity index (χ2v) is 14.3. The molecule has 10 heteroatoms. The molecule has 1 unspecified atom stereocenters. The fraction of sp³-hybridized carbons (Fsp3) is 0.541. The van der Waals surface area contributed by atoms with Crippen molar-refractivity contribution < 1.29 is 18.6 Å². The summed E-state index contributed by atoms with van der Waals surface area (Å²) in [5.74, 6) is 1.35. The van der Waals surface area contributed by atoms with Crippen molar-refractivity contribution in [2.24, 2.45) is 17.3 Å². The van der Waals surface area contributed by atoms with Gasteiger partial charge in [-0.25, -0.2) is 13.8 Å². The van der Waals surface area contributed by atoms with E-state index in [-0.39, 0.29) is 34.4 Å². The minimum absolute atomic E-state index is 0.0352. The Morgan fingerprint density at radius 2 is 1.83 bits per heavy atom. The summed E-state index contributed by atoms with van der Waals surface area (Å²) in [7, 11) is 0. The maximum absolute atomic E-state index is 16.9. The molecular formula is C37H44F2N6O2. The fourth-order valence-electron chi connectivity index (χ4n) is 8.55. The van der Waals surface area contributed by atoms with Crippen LogP contribution < -0.4 is 15.0 Å². The van der Waals surface area contributed by atoms with Crippen LogP contribution in [0.2, 0.25) is 0 Å². The molecule has 1 atom stereocenters. The fourth-order valence-corrected chi connectivity index (χ4v) is 8.55. The first-order valence-corrected chi connectivity index (χ1v) is 17.5. The minimum atomic E-state index is -0.611. The molecule has 8 nitrogen and oxygen atoms in total. The minimum Gasteiger partial charge on any atom is -0.508 e. The van der Waals surface area contributed by atoms with Crippen molar-refractivity contribution in [2.45, 2.75) is 65.3 Å². The van der Waals surface area contributed by atoms with Crippen LogP contribution in [-0.4, -0.2) is 76.9 Å². The number of aromatic nitrogens is 3. The number of ether oxygens (including phenoxy) is 1. The molecule has 0 spiro atoms. The van der Waals surface area contributed by atoms with Crippen molar-refractivity contribution in [3.8, 4) is 23.0 Å². The SMILES string of the molecule is CC.Cc1c(F)ccc2cc(O)cc(-c3nc4c5c(nc(OCC6(CN7CC8CC(C8)C7)CC6)nc5c3F)N3CCNCC3CC4)c12. The van der Waals surface area contributed by atoms with E-state index in [1.54, 1.807) is 19.1 Å². The zero-order chi connectivity index (χ0) is 32.4. The number of piperazine rings is 1. The van der Waals surface area contributed by atoms with E-state index in [1.165, 1.54) is 38.1 Å². The highest BCUT2D eigenvalue weighted by Gasteiger charge is 2.48. The molecule has 4 aromatic rings. The Labute approximate surface area is 274 Å². The summed E-state index contributed by atoms with van der Waals surface area (Å²) in [5.41, 5.74) is 1.77. The van der Waals surface area contributed by atoms with Gasteiger partial charge in [0.2, 0.25) is 0 Å². The lowest BCUT2D eigenvalue weighted by molar-refractivity contribution is 0.0100. The predicted molar refractivity (Wildman–Crippen MR) is 180 cm³/mol. The third kappa shape index (κ3) is 5.37. The number of nitrogens with one attached hydrogen (secondary N) is 1. The lowest BCUT2D eigenvalue weighted by Gasteiger charge is -2.48. The van der Waals surface area contributed by atoms with Gasteiger partial charge in [0.05, 0.1) is 17.7 Å². The second-order valence-electron chi connectivity index (χ2n) is 14.3. The molecular weight excluding hydrogens is 598 g/mol. The maximum Gasteiger partial charge on any atom is 0.319 e. The van der Waals surface area contributed by atoms with Crippen molar-refractivity contribution in [3.05, 3.63) is 47.2 Å². The Morgan fingerprint density at radius 3 is 2.60 bits per heavy atom. The Hall–Kier alpha value is -3.63. The van der Waals surface area contributed by atoms with Crippen LogP contribution in [0.3, 0.4) is 0 Å². The number of pyridine rings is 1. The van der Waals surface area contributed by atoms with Gasteiger partial charge < -0.3 is 25.0 Å². The topological polar surface area (TPSA) is 86.6 Å². The molecule has 2 aromatic carbocycles. The van der Waals surface area contributed by atoms with Gasteiger partial charge in [-0.3, -0.25) is 0 Å². The van der Waals surface area contributed by atoms with Crippen LogP contribution in [0, 0.1) is 35.8 Å². The average Bonchev–Trinajstić information content (AvgIpc) is 3.86. The van der Waals surface area contributed by atoms with Crippen molar-refractivity contribution in [3.63, 3.8) is 0 Å². The lowest BCUT2D eigenvalue weighted by Crippen LogP contribution is -2.51. The van der Waals surface area contributed by atoms with E-state index in [2.05, 4.69) is 15.1 Å². The van der Waals surface area contributed by atoms with Crippen molar-refractivity contribution in [1.29, 1.82) is 0 Å². The number of halogens is 2. The zero-order valence-corrected chi connectivity index (χ0v) is 27.6. The van der Waals surface area contributed by atoms with Crippen LogP contribution in [0.4, 0.5) is 14.6 Å². The highest BCUT2D eigenvalue weighted by molar-refractivity contribution is 6.02. The largest absolute Gasteiger partial charge is 0.508 e. The molecule has 3 saturated heterocycles. The van der Waals surface area contributed by atoms with Crippen molar-refractivity contribution in [2.75, 3.05) is 50.8 Å². The van der Waals surface area contributed by atoms with Crippen LogP contribution in [0.5, 0.6) is 11.8 Å². The molecule has 2 N–H and O–H groups in total. The van der Waals surface area contributed by atoms with E-state index >= 15 is 4.39 Å². The predicted octanol–water partition coefficient (Wildman–Crippen LogP) is 6.39. The molecule has 2 aromatic heterocycles. The number of hydrogen-bond donors (Lipinski definition) is 2. The number of phenolic OH excluding ortho intramolecular Hbond substituents is 1. The first kappa shape index (κ1) is 30.7. The summed E-state index contributed by atoms with van der Waals surface area (Å²) >= 11 is 0. The quantitative estimate of drug-likeness (QED) is 0.250. The first-order chi connectivity index (χ1) is 22.8. The smallest absolute Gasteiger partial charge is 0.319 e. The zero-order valence-electron chi connectivity index (χ0n) is 27.6. The molecule has 0 radical (unpaired) electrons. The van der Waals surface area contributed by atoms with Crippen molar-refractivity contribution >= 4 is 27.5 Å². The molecule has 47 heavy (non-hydrogen) atoms. The molecule has 10 rings (SSSR count). The van der Waals surface area contributed by atoms with E-state index < -0.39 is 11.6 Å². The highest BCUT2D eigenvalue weighted by atomic mass is 19.1. The molecule has 0 amide bonds. The summed E-state index contributed by atoms with van der Waals surface area (Å²) in [6.07, 6.45) is 6.45. The summed E-state index contributed by atoms with van der Waals surface area (Å²) in [4.78, 5) is 19.5. The number of anilines is 1. The van der Waals surface area contributed by atoms with Gasteiger partial charge >= 0.3 is 6.01 Å². The Morgan fingerprint density at radius 1 is 1.04 bits per heavy atom. The van der Waals surface area contributed by atoms with E-state index in [1.807, 2.05) is 13.8 Å². The third-order valence-electron chi connectivity index (χ3n) is 11.1. The lowest BCUT2D eigenvalue weighted by atomic mass is 9.71. The van der Waals surface area contributed by atoms with Gasteiger partial charge in [0.1, 0.15) is 28.6 Å². The molecule has 248 valence electrons. The van der Waals surface area contributed by atoms with Gasteiger partial charge in [0.15, 0.2) is 5.82 Å². The second kappa shape index (κ2) is 11.8. The van der Waals surface area contributed by atoms with Crippen molar-refractivity contribution in [1.82, 2.24) is 25.2 Å². The van der Waals surface area contributed by atoms with Gasteiger partial charge in [0, 0.05) is 56.3 Å². The molecule has 2 bridgehead atoms. The van der Waals surface area contributed by atoms with E-state index in [0.29, 0.717) is 51.8 Å². The summed E-state index contributed by atoms with van der Waals surface area (Å²) in [6.45, 7) is 12.0. The van der Waals surface area contributed by atoms with Crippen LogP contribution in [0.25, 0.3) is 32.9 Å². The van der Waals surface area contributed by atoms with Crippen LogP contribution in [0.1, 0.15) is 57.2 Å². The molecule has 4 aliphatic heterocycles. The van der Waals surface area contributed by atoms with E-state index in [9.17, 15) is 9.50 Å². The number of aryl methyl sites for hydroxylation is 2. The summed E-state index contributed by atoms with van der Waals surface area (Å²) < 4.78 is 38.1. The number of aromatic hydroxyl groups is 1. The number of nitrogens with zero attached hydrogens (tertiary/aromatic N) is 5. The maximum atomic E-state index is 16.9.